The van der Waals surface area contributed by atoms with E-state index < -0.39 is 10.0 Å². The first kappa shape index (κ1) is 19.8. The lowest BCUT2D eigenvalue weighted by atomic mass is 10.0. The minimum atomic E-state index is -3.37. The molecule has 1 aromatic carbocycles. The molecule has 2 bridgehead atoms. The van der Waals surface area contributed by atoms with Gasteiger partial charge in [0.05, 0.1) is 24.6 Å². The molecule has 2 aliphatic heterocycles. The van der Waals surface area contributed by atoms with Gasteiger partial charge >= 0.3 is 0 Å². The molecular weight excluding hydrogens is 390 g/mol. The molecule has 154 valence electrons. The number of ether oxygens (including phenoxy) is 1. The zero-order valence-corrected chi connectivity index (χ0v) is 17.2. The van der Waals surface area contributed by atoms with Crippen molar-refractivity contribution in [3.05, 3.63) is 48.2 Å². The van der Waals surface area contributed by atoms with E-state index in [2.05, 4.69) is 4.72 Å². The minimum Gasteiger partial charge on any atom is -0.493 e. The monoisotopic (exact) mass is 415 g/mol. The number of sulfonamides is 1. The first-order chi connectivity index (χ1) is 13.9. The number of carbonyl (C=O) groups is 1. The summed E-state index contributed by atoms with van der Waals surface area (Å²) in [4.78, 5) is 19.5. The molecule has 0 saturated carbocycles. The highest BCUT2D eigenvalue weighted by atomic mass is 32.2. The molecule has 4 rings (SSSR count). The van der Waals surface area contributed by atoms with Crippen molar-refractivity contribution in [1.82, 2.24) is 14.6 Å². The van der Waals surface area contributed by atoms with E-state index in [0.717, 1.165) is 29.0 Å². The molecule has 1 amide bonds. The molecule has 7 nitrogen and oxygen atoms in total. The molecular formula is C21H25N3O4S. The summed E-state index contributed by atoms with van der Waals surface area (Å²) in [5, 5.41) is 0. The summed E-state index contributed by atoms with van der Waals surface area (Å²) in [6, 6.07) is 13.0. The second kappa shape index (κ2) is 8.12. The summed E-state index contributed by atoms with van der Waals surface area (Å²) >= 11 is 0. The largest absolute Gasteiger partial charge is 0.493 e. The number of amides is 1. The Morgan fingerprint density at radius 2 is 2.00 bits per heavy atom. The van der Waals surface area contributed by atoms with Gasteiger partial charge < -0.3 is 9.64 Å². The quantitative estimate of drug-likeness (QED) is 0.810. The van der Waals surface area contributed by atoms with Crippen molar-refractivity contribution in [2.75, 3.05) is 19.4 Å². The average molecular weight is 416 g/mol. The number of hydrogen-bond acceptors (Lipinski definition) is 5. The number of rotatable bonds is 2. The van der Waals surface area contributed by atoms with E-state index in [1.807, 2.05) is 47.4 Å². The number of fused-ring (bicyclic) bond motifs is 5. The Balaban J connectivity index is 1.72. The lowest BCUT2D eigenvalue weighted by Crippen LogP contribution is -2.47. The first-order valence-electron chi connectivity index (χ1n) is 9.85. The van der Waals surface area contributed by atoms with Crippen molar-refractivity contribution < 1.29 is 17.9 Å². The SMILES string of the molecule is CS(=O)(=O)NC1CCN2C(=O)CCCOc3ccccc3-c3cccc(n3)CC12. The molecule has 2 unspecified atom stereocenters. The van der Waals surface area contributed by atoms with Gasteiger partial charge in [0.15, 0.2) is 0 Å². The second-order valence-corrected chi connectivity index (χ2v) is 9.39. The van der Waals surface area contributed by atoms with Gasteiger partial charge in [-0.25, -0.2) is 13.1 Å². The third-order valence-corrected chi connectivity index (χ3v) is 6.14. The van der Waals surface area contributed by atoms with E-state index >= 15 is 0 Å². The highest BCUT2D eigenvalue weighted by molar-refractivity contribution is 7.88. The highest BCUT2D eigenvalue weighted by Crippen LogP contribution is 2.30. The lowest BCUT2D eigenvalue weighted by molar-refractivity contribution is -0.132. The number of benzene rings is 1. The number of nitrogens with one attached hydrogen (secondary N) is 1. The van der Waals surface area contributed by atoms with Crippen LogP contribution in [0.4, 0.5) is 0 Å². The van der Waals surface area contributed by atoms with Crippen molar-refractivity contribution in [1.29, 1.82) is 0 Å². The third kappa shape index (κ3) is 4.59. The van der Waals surface area contributed by atoms with Crippen LogP contribution in [-0.4, -0.2) is 55.7 Å². The zero-order valence-electron chi connectivity index (χ0n) is 16.4. The van der Waals surface area contributed by atoms with E-state index in [4.69, 9.17) is 9.72 Å². The molecule has 1 N–H and O–H groups in total. The molecule has 2 atom stereocenters. The molecule has 1 fully saturated rings. The molecule has 29 heavy (non-hydrogen) atoms. The van der Waals surface area contributed by atoms with Gasteiger partial charge in [0.2, 0.25) is 15.9 Å². The van der Waals surface area contributed by atoms with Crippen LogP contribution in [0.15, 0.2) is 42.5 Å². The van der Waals surface area contributed by atoms with Crippen LogP contribution in [-0.2, 0) is 21.2 Å². The summed E-state index contributed by atoms with van der Waals surface area (Å²) in [6.07, 6.45) is 3.23. The fourth-order valence-corrected chi connectivity index (χ4v) is 4.96. The van der Waals surface area contributed by atoms with E-state index in [1.54, 1.807) is 0 Å². The standard InChI is InChI=1S/C21H25N3O4S/c1-29(26,27)23-18-11-12-24-19(18)14-15-6-4-8-17(22-15)16-7-2-3-9-20(16)28-13-5-10-21(24)25/h2-4,6-9,18-19,23H,5,10-14H2,1H3. The minimum absolute atomic E-state index is 0.0279. The van der Waals surface area contributed by atoms with Gasteiger partial charge in [-0.1, -0.05) is 18.2 Å². The number of nitrogens with zero attached hydrogens (tertiary/aromatic N) is 2. The zero-order chi connectivity index (χ0) is 20.4. The van der Waals surface area contributed by atoms with Gasteiger partial charge in [-0.3, -0.25) is 9.78 Å². The van der Waals surface area contributed by atoms with Crippen molar-refractivity contribution in [3.8, 4) is 17.0 Å². The van der Waals surface area contributed by atoms with Crippen LogP contribution >= 0.6 is 0 Å². The molecule has 0 spiro atoms. The summed E-state index contributed by atoms with van der Waals surface area (Å²) < 4.78 is 32.3. The van der Waals surface area contributed by atoms with Crippen LogP contribution in [0.25, 0.3) is 11.3 Å². The maximum Gasteiger partial charge on any atom is 0.223 e. The summed E-state index contributed by atoms with van der Waals surface area (Å²) in [6.45, 7) is 0.976. The van der Waals surface area contributed by atoms with Crippen molar-refractivity contribution in [3.63, 3.8) is 0 Å². The van der Waals surface area contributed by atoms with Gasteiger partial charge in [0, 0.05) is 36.7 Å². The van der Waals surface area contributed by atoms with Crippen molar-refractivity contribution in [2.45, 2.75) is 37.8 Å². The second-order valence-electron chi connectivity index (χ2n) is 7.61. The van der Waals surface area contributed by atoms with Crippen LogP contribution in [0.2, 0.25) is 0 Å². The van der Waals surface area contributed by atoms with E-state index in [1.165, 1.54) is 0 Å². The van der Waals surface area contributed by atoms with Crippen LogP contribution in [0.1, 0.15) is 25.0 Å². The molecule has 8 heteroatoms. The number of para-hydroxylation sites is 1. The number of carbonyl (C=O) groups excluding carboxylic acids is 1. The van der Waals surface area contributed by atoms with E-state index in [-0.39, 0.29) is 18.0 Å². The third-order valence-electron chi connectivity index (χ3n) is 5.41. The smallest absolute Gasteiger partial charge is 0.223 e. The predicted octanol–water partition coefficient (Wildman–Crippen LogP) is 1.98. The molecule has 0 aliphatic carbocycles. The van der Waals surface area contributed by atoms with Gasteiger partial charge in [0.25, 0.3) is 0 Å². The molecule has 0 radical (unpaired) electrons. The van der Waals surface area contributed by atoms with E-state index in [9.17, 15) is 13.2 Å². The Bertz CT molecular complexity index is 1010. The Hall–Kier alpha value is -2.45. The predicted molar refractivity (Wildman–Crippen MR) is 110 cm³/mol. The summed E-state index contributed by atoms with van der Waals surface area (Å²) in [5.74, 6) is 0.779. The topological polar surface area (TPSA) is 88.6 Å². The molecule has 1 saturated heterocycles. The Kier molecular flexibility index (Phi) is 5.56. The average Bonchev–Trinajstić information content (AvgIpc) is 3.06. The number of pyridine rings is 1. The summed E-state index contributed by atoms with van der Waals surface area (Å²) in [7, 11) is -3.37. The summed E-state index contributed by atoms with van der Waals surface area (Å²) in [5.41, 5.74) is 2.54. The van der Waals surface area contributed by atoms with Crippen LogP contribution in [0.3, 0.4) is 0 Å². The van der Waals surface area contributed by atoms with Gasteiger partial charge in [-0.15, -0.1) is 0 Å². The molecule has 3 heterocycles. The van der Waals surface area contributed by atoms with Gasteiger partial charge in [-0.05, 0) is 37.1 Å². The van der Waals surface area contributed by atoms with Gasteiger partial charge in [-0.2, -0.15) is 0 Å². The maximum absolute atomic E-state index is 12.9. The Morgan fingerprint density at radius 1 is 1.17 bits per heavy atom. The van der Waals surface area contributed by atoms with Crippen LogP contribution in [0, 0.1) is 0 Å². The first-order valence-corrected chi connectivity index (χ1v) is 11.7. The van der Waals surface area contributed by atoms with Crippen LogP contribution < -0.4 is 9.46 Å². The molecule has 1 aromatic heterocycles. The maximum atomic E-state index is 12.9. The fraction of sp³-hybridized carbons (Fsp3) is 0.429. The van der Waals surface area contributed by atoms with Crippen LogP contribution in [0.5, 0.6) is 5.75 Å². The Labute approximate surface area is 171 Å². The van der Waals surface area contributed by atoms with E-state index in [0.29, 0.717) is 38.8 Å². The normalized spacial score (nSPS) is 22.5. The van der Waals surface area contributed by atoms with Crippen molar-refractivity contribution in [2.24, 2.45) is 0 Å². The number of hydrogen-bond donors (Lipinski definition) is 1. The molecule has 2 aromatic rings. The van der Waals surface area contributed by atoms with Gasteiger partial charge in [0.1, 0.15) is 5.75 Å². The Morgan fingerprint density at radius 3 is 2.83 bits per heavy atom. The fourth-order valence-electron chi connectivity index (χ4n) is 4.14. The molecule has 2 aliphatic rings. The highest BCUT2D eigenvalue weighted by Gasteiger charge is 2.38. The number of aromatic nitrogens is 1. The lowest BCUT2D eigenvalue weighted by Gasteiger charge is -2.28. The van der Waals surface area contributed by atoms with Crippen molar-refractivity contribution >= 4 is 15.9 Å².